The molecule has 0 aliphatic carbocycles. The first-order valence-corrected chi connectivity index (χ1v) is 8.73. The molecule has 1 aromatic heterocycles. The fourth-order valence-electron chi connectivity index (χ4n) is 3.84. The van der Waals surface area contributed by atoms with Crippen molar-refractivity contribution in [1.82, 2.24) is 9.55 Å². The molecule has 0 radical (unpaired) electrons. The molecule has 27 heavy (non-hydrogen) atoms. The van der Waals surface area contributed by atoms with E-state index >= 15 is 0 Å². The number of para-hydroxylation sites is 3. The van der Waals surface area contributed by atoms with Crippen molar-refractivity contribution in [3.63, 3.8) is 0 Å². The van der Waals surface area contributed by atoms with Crippen molar-refractivity contribution in [2.75, 3.05) is 19.5 Å². The molecule has 0 spiro atoms. The number of nitrogens with zero attached hydrogens (tertiary/aromatic N) is 2. The lowest BCUT2D eigenvalue weighted by Gasteiger charge is -2.31. The van der Waals surface area contributed by atoms with E-state index < -0.39 is 0 Å². The van der Waals surface area contributed by atoms with Gasteiger partial charge < -0.3 is 14.8 Å². The molecule has 0 bridgehead atoms. The lowest BCUT2D eigenvalue weighted by Crippen LogP contribution is -2.27. The number of nitrogens with one attached hydrogen (secondary N) is 1. The van der Waals surface area contributed by atoms with Crippen molar-refractivity contribution in [2.24, 2.45) is 0 Å². The van der Waals surface area contributed by atoms with Crippen LogP contribution in [0.25, 0.3) is 11.0 Å². The number of carbonyl (C=O) groups excluding carboxylic acids is 1. The molecule has 138 valence electrons. The van der Waals surface area contributed by atoms with Gasteiger partial charge in [0.1, 0.15) is 0 Å². The molecule has 1 N–H and O–H groups in total. The molecular weight excluding hydrogens is 342 g/mol. The summed E-state index contributed by atoms with van der Waals surface area (Å²) in [4.78, 5) is 17.3. The third-order valence-electron chi connectivity index (χ3n) is 4.94. The SMILES string of the molecule is COc1cccc(C2C(C(C)=O)=C(C)Nc3nc4ccccc4n32)c1OC. The molecule has 6 heteroatoms. The number of ether oxygens (including phenoxy) is 2. The van der Waals surface area contributed by atoms with Crippen LogP contribution in [-0.4, -0.2) is 29.6 Å². The lowest BCUT2D eigenvalue weighted by molar-refractivity contribution is -0.114. The zero-order valence-electron chi connectivity index (χ0n) is 15.7. The van der Waals surface area contributed by atoms with E-state index in [1.807, 2.05) is 49.4 Å². The lowest BCUT2D eigenvalue weighted by atomic mass is 9.91. The highest BCUT2D eigenvalue weighted by atomic mass is 16.5. The second-order valence-corrected chi connectivity index (χ2v) is 6.50. The van der Waals surface area contributed by atoms with Crippen LogP contribution in [0.1, 0.15) is 25.5 Å². The zero-order valence-corrected chi connectivity index (χ0v) is 15.7. The van der Waals surface area contributed by atoms with Crippen molar-refractivity contribution in [3.8, 4) is 11.5 Å². The molecular formula is C21H21N3O3. The normalized spacial score (nSPS) is 16.1. The number of hydrogen-bond acceptors (Lipinski definition) is 5. The average molecular weight is 363 g/mol. The van der Waals surface area contributed by atoms with Crippen LogP contribution in [0.2, 0.25) is 0 Å². The second-order valence-electron chi connectivity index (χ2n) is 6.50. The van der Waals surface area contributed by atoms with Crippen molar-refractivity contribution in [3.05, 3.63) is 59.3 Å². The summed E-state index contributed by atoms with van der Waals surface area (Å²) < 4.78 is 13.2. The molecule has 1 aliphatic heterocycles. The molecule has 2 aromatic carbocycles. The minimum atomic E-state index is -0.365. The van der Waals surface area contributed by atoms with Crippen molar-refractivity contribution in [2.45, 2.75) is 19.9 Å². The molecule has 2 heterocycles. The predicted molar refractivity (Wildman–Crippen MR) is 104 cm³/mol. The number of rotatable bonds is 4. The molecule has 0 saturated carbocycles. The third-order valence-corrected chi connectivity index (χ3v) is 4.94. The Kier molecular flexibility index (Phi) is 4.11. The van der Waals surface area contributed by atoms with Crippen LogP contribution < -0.4 is 14.8 Å². The van der Waals surface area contributed by atoms with Gasteiger partial charge in [-0.25, -0.2) is 4.98 Å². The maximum absolute atomic E-state index is 12.6. The van der Waals surface area contributed by atoms with Gasteiger partial charge in [-0.3, -0.25) is 9.36 Å². The standard InChI is InChI=1S/C21H21N3O3/c1-12-18(13(2)25)19(14-8-7-11-17(26-3)20(14)27-4)24-16-10-6-5-9-15(16)23-21(24)22-12/h5-11,19H,1-4H3,(H,22,23). The number of ketones is 1. The van der Waals surface area contributed by atoms with Gasteiger partial charge in [0.15, 0.2) is 17.3 Å². The first kappa shape index (κ1) is 17.1. The monoisotopic (exact) mass is 363 g/mol. The number of anilines is 1. The van der Waals surface area contributed by atoms with E-state index in [1.54, 1.807) is 21.1 Å². The highest BCUT2D eigenvalue weighted by molar-refractivity contribution is 5.98. The molecule has 6 nitrogen and oxygen atoms in total. The van der Waals surface area contributed by atoms with Crippen LogP contribution in [0.15, 0.2) is 53.7 Å². The summed E-state index contributed by atoms with van der Waals surface area (Å²) in [5.41, 5.74) is 4.13. The number of aromatic nitrogens is 2. The Morgan fingerprint density at radius 2 is 1.89 bits per heavy atom. The molecule has 1 aliphatic rings. The number of Topliss-reactive ketones (excluding diaryl/α,β-unsaturated/α-hetero) is 1. The number of carbonyl (C=O) groups is 1. The molecule has 1 unspecified atom stereocenters. The summed E-state index contributed by atoms with van der Waals surface area (Å²) in [5, 5.41) is 3.29. The minimum absolute atomic E-state index is 0.00157. The predicted octanol–water partition coefficient (Wildman–Crippen LogP) is 3.93. The van der Waals surface area contributed by atoms with Crippen molar-refractivity contribution >= 4 is 22.8 Å². The number of benzene rings is 2. The van der Waals surface area contributed by atoms with E-state index in [0.29, 0.717) is 23.0 Å². The highest BCUT2D eigenvalue weighted by Gasteiger charge is 2.34. The smallest absolute Gasteiger partial charge is 0.209 e. The van der Waals surface area contributed by atoms with Gasteiger partial charge in [0.05, 0.1) is 31.3 Å². The Bertz CT molecular complexity index is 1080. The zero-order chi connectivity index (χ0) is 19.1. The van der Waals surface area contributed by atoms with Gasteiger partial charge >= 0.3 is 0 Å². The Morgan fingerprint density at radius 1 is 1.11 bits per heavy atom. The summed E-state index contributed by atoms with van der Waals surface area (Å²) in [6.07, 6.45) is 0. The van der Waals surface area contributed by atoms with Gasteiger partial charge in [-0.05, 0) is 32.0 Å². The molecule has 0 saturated heterocycles. The van der Waals surface area contributed by atoms with Crippen LogP contribution in [0.4, 0.5) is 5.95 Å². The van der Waals surface area contributed by atoms with Gasteiger partial charge in [-0.2, -0.15) is 0 Å². The van der Waals surface area contributed by atoms with E-state index in [9.17, 15) is 4.79 Å². The Morgan fingerprint density at radius 3 is 2.59 bits per heavy atom. The van der Waals surface area contributed by atoms with E-state index in [0.717, 1.165) is 22.3 Å². The van der Waals surface area contributed by atoms with Gasteiger partial charge in [0.2, 0.25) is 5.95 Å². The number of fused-ring (bicyclic) bond motifs is 3. The maximum Gasteiger partial charge on any atom is 0.209 e. The van der Waals surface area contributed by atoms with Crippen molar-refractivity contribution < 1.29 is 14.3 Å². The Hall–Kier alpha value is -3.28. The fourth-order valence-corrected chi connectivity index (χ4v) is 3.84. The molecule has 3 aromatic rings. The van der Waals surface area contributed by atoms with Crippen molar-refractivity contribution in [1.29, 1.82) is 0 Å². The Labute approximate surface area is 157 Å². The van der Waals surface area contributed by atoms with Gasteiger partial charge in [0, 0.05) is 16.8 Å². The maximum atomic E-state index is 12.6. The van der Waals surface area contributed by atoms with Crippen LogP contribution in [-0.2, 0) is 4.79 Å². The van der Waals surface area contributed by atoms with Crippen LogP contribution >= 0.6 is 0 Å². The second kappa shape index (κ2) is 6.46. The van der Waals surface area contributed by atoms with Gasteiger partial charge in [-0.1, -0.05) is 24.3 Å². The summed E-state index contributed by atoms with van der Waals surface area (Å²) >= 11 is 0. The largest absolute Gasteiger partial charge is 0.493 e. The number of methoxy groups -OCH3 is 2. The van der Waals surface area contributed by atoms with E-state index in [2.05, 4.69) is 9.88 Å². The van der Waals surface area contributed by atoms with E-state index in [-0.39, 0.29) is 11.8 Å². The summed E-state index contributed by atoms with van der Waals surface area (Å²) in [7, 11) is 3.22. The fraction of sp³-hybridized carbons (Fsp3) is 0.238. The first-order chi connectivity index (χ1) is 13.1. The number of imidazole rings is 1. The van der Waals surface area contributed by atoms with Crippen LogP contribution in [0.3, 0.4) is 0 Å². The molecule has 0 amide bonds. The molecule has 1 atom stereocenters. The number of hydrogen-bond donors (Lipinski definition) is 1. The van der Waals surface area contributed by atoms with Crippen LogP contribution in [0, 0.1) is 0 Å². The highest BCUT2D eigenvalue weighted by Crippen LogP contribution is 2.44. The average Bonchev–Trinajstić information content (AvgIpc) is 3.03. The van der Waals surface area contributed by atoms with Crippen LogP contribution in [0.5, 0.6) is 11.5 Å². The van der Waals surface area contributed by atoms with E-state index in [4.69, 9.17) is 14.5 Å². The van der Waals surface area contributed by atoms with E-state index in [1.165, 1.54) is 0 Å². The number of allylic oxidation sites excluding steroid dienone is 2. The summed E-state index contributed by atoms with van der Waals surface area (Å²) in [5.74, 6) is 1.94. The van der Waals surface area contributed by atoms with Gasteiger partial charge in [-0.15, -0.1) is 0 Å². The summed E-state index contributed by atoms with van der Waals surface area (Å²) in [6, 6.07) is 13.2. The Balaban J connectivity index is 2.07. The summed E-state index contributed by atoms with van der Waals surface area (Å²) in [6.45, 7) is 3.49. The third kappa shape index (κ3) is 2.56. The first-order valence-electron chi connectivity index (χ1n) is 8.73. The topological polar surface area (TPSA) is 65.4 Å². The molecule has 0 fully saturated rings. The quantitative estimate of drug-likeness (QED) is 0.761. The van der Waals surface area contributed by atoms with Gasteiger partial charge in [0.25, 0.3) is 0 Å². The minimum Gasteiger partial charge on any atom is -0.493 e. The molecule has 4 rings (SSSR count).